The molecule has 0 heterocycles. The smallest absolute Gasteiger partial charge is 0.337 e. The lowest BCUT2D eigenvalue weighted by Crippen LogP contribution is -2.41. The van der Waals surface area contributed by atoms with Crippen LogP contribution in [0.25, 0.3) is 0 Å². The van der Waals surface area contributed by atoms with E-state index in [9.17, 15) is 0 Å². The van der Waals surface area contributed by atoms with E-state index in [1.807, 2.05) is 0 Å². The molecule has 4 heteroatoms. The van der Waals surface area contributed by atoms with Crippen molar-refractivity contribution in [2.75, 3.05) is 20.8 Å². The van der Waals surface area contributed by atoms with E-state index < -0.39 is 8.56 Å². The molecule has 1 atom stereocenters. The summed E-state index contributed by atoms with van der Waals surface area (Å²) in [5.41, 5.74) is 6.05. The van der Waals surface area contributed by atoms with Crippen LogP contribution < -0.4 is 5.73 Å². The lowest BCUT2D eigenvalue weighted by atomic mass is 10.2. The average Bonchev–Trinajstić information content (AvgIpc) is 2.18. The van der Waals surface area contributed by atoms with Crippen LogP contribution in [0.2, 0.25) is 12.1 Å². The average molecular weight is 205 g/mol. The molecule has 0 aromatic heterocycles. The number of rotatable bonds is 7. The first-order valence-electron chi connectivity index (χ1n) is 4.95. The zero-order valence-electron chi connectivity index (χ0n) is 9.30. The van der Waals surface area contributed by atoms with Gasteiger partial charge in [0.15, 0.2) is 0 Å². The zero-order chi connectivity index (χ0) is 10.3. The summed E-state index contributed by atoms with van der Waals surface area (Å²) < 4.78 is 11.0. The minimum Gasteiger partial charge on any atom is -0.398 e. The van der Waals surface area contributed by atoms with Gasteiger partial charge in [0.1, 0.15) is 0 Å². The molecular weight excluding hydrogens is 182 g/mol. The molecule has 0 saturated carbocycles. The first-order chi connectivity index (χ1) is 6.14. The van der Waals surface area contributed by atoms with E-state index in [2.05, 4.69) is 13.5 Å². The molecule has 0 spiro atoms. The molecule has 0 aliphatic heterocycles. The molecule has 0 radical (unpaired) electrons. The van der Waals surface area contributed by atoms with Gasteiger partial charge in [0.2, 0.25) is 0 Å². The van der Waals surface area contributed by atoms with Crippen molar-refractivity contribution >= 4 is 8.56 Å². The third-order valence-electron chi connectivity index (χ3n) is 2.80. The molecule has 0 aromatic carbocycles. The van der Waals surface area contributed by atoms with Crippen molar-refractivity contribution in [3.05, 3.63) is 0 Å². The second-order valence-corrected chi connectivity index (χ2v) is 7.13. The van der Waals surface area contributed by atoms with Crippen LogP contribution in [-0.2, 0) is 8.85 Å². The predicted molar refractivity (Wildman–Crippen MR) is 58.0 cm³/mol. The fourth-order valence-electron chi connectivity index (χ4n) is 1.62. The van der Waals surface area contributed by atoms with Crippen molar-refractivity contribution < 1.29 is 8.85 Å². The lowest BCUT2D eigenvalue weighted by molar-refractivity contribution is 0.231. The lowest BCUT2D eigenvalue weighted by Gasteiger charge is -2.31. The molecule has 0 aliphatic rings. The van der Waals surface area contributed by atoms with Gasteiger partial charge in [-0.1, -0.05) is 13.3 Å². The largest absolute Gasteiger partial charge is 0.398 e. The fourth-order valence-corrected chi connectivity index (χ4v) is 3.92. The van der Waals surface area contributed by atoms with E-state index in [1.54, 1.807) is 14.2 Å². The molecule has 0 bridgehead atoms. The number of hydrogen-bond acceptors (Lipinski definition) is 3. The van der Waals surface area contributed by atoms with E-state index in [-0.39, 0.29) is 0 Å². The Balaban J connectivity index is 4.16. The summed E-state index contributed by atoms with van der Waals surface area (Å²) in [6.07, 6.45) is 3.30. The maximum Gasteiger partial charge on any atom is 0.337 e. The van der Waals surface area contributed by atoms with Gasteiger partial charge in [-0.05, 0) is 25.9 Å². The Labute approximate surface area is 82.9 Å². The van der Waals surface area contributed by atoms with Gasteiger partial charge in [0.05, 0.1) is 0 Å². The third kappa shape index (κ3) is 3.77. The Morgan fingerprint density at radius 2 is 1.85 bits per heavy atom. The summed E-state index contributed by atoms with van der Waals surface area (Å²) in [4.78, 5) is 0. The van der Waals surface area contributed by atoms with Gasteiger partial charge in [-0.15, -0.1) is 0 Å². The highest BCUT2D eigenvalue weighted by molar-refractivity contribution is 6.67. The summed E-state index contributed by atoms with van der Waals surface area (Å²) in [5.74, 6) is 0. The van der Waals surface area contributed by atoms with Gasteiger partial charge in [0.25, 0.3) is 0 Å². The van der Waals surface area contributed by atoms with Crippen LogP contribution in [0, 0.1) is 0 Å². The Bertz CT molecular complexity index is 129. The molecule has 0 saturated heterocycles. The summed E-state index contributed by atoms with van der Waals surface area (Å²) in [6.45, 7) is 5.07. The minimum atomic E-state index is -1.92. The number of nitrogens with two attached hydrogens (primary N) is 1. The van der Waals surface area contributed by atoms with E-state index >= 15 is 0 Å². The maximum atomic E-state index is 5.51. The van der Waals surface area contributed by atoms with Gasteiger partial charge in [-0.2, -0.15) is 0 Å². The quantitative estimate of drug-likeness (QED) is 0.645. The fraction of sp³-hybridized carbons (Fsp3) is 1.00. The summed E-state index contributed by atoms with van der Waals surface area (Å²) in [7, 11) is 1.58. The first-order valence-corrected chi connectivity index (χ1v) is 7.34. The van der Waals surface area contributed by atoms with Crippen LogP contribution in [0.5, 0.6) is 0 Å². The molecule has 80 valence electrons. The van der Waals surface area contributed by atoms with E-state index in [1.165, 1.54) is 0 Å². The molecule has 0 amide bonds. The molecular formula is C9H23NO2Si. The van der Waals surface area contributed by atoms with Gasteiger partial charge < -0.3 is 14.6 Å². The number of hydrogen-bond donors (Lipinski definition) is 1. The van der Waals surface area contributed by atoms with Crippen LogP contribution in [0.4, 0.5) is 0 Å². The van der Waals surface area contributed by atoms with Crippen molar-refractivity contribution in [2.24, 2.45) is 5.73 Å². The SMILES string of the molecule is CCC(CCCN)[Si](C)(OC)OC. The molecule has 1 unspecified atom stereocenters. The van der Waals surface area contributed by atoms with Crippen LogP contribution in [0.15, 0.2) is 0 Å². The van der Waals surface area contributed by atoms with Crippen molar-refractivity contribution in [1.82, 2.24) is 0 Å². The first kappa shape index (κ1) is 13.1. The third-order valence-corrected chi connectivity index (χ3v) is 6.60. The highest BCUT2D eigenvalue weighted by atomic mass is 28.4. The Morgan fingerprint density at radius 1 is 1.31 bits per heavy atom. The van der Waals surface area contributed by atoms with E-state index in [4.69, 9.17) is 14.6 Å². The highest BCUT2D eigenvalue weighted by Gasteiger charge is 2.37. The minimum absolute atomic E-state index is 0.561. The van der Waals surface area contributed by atoms with Crippen LogP contribution >= 0.6 is 0 Å². The summed E-state index contributed by atoms with van der Waals surface area (Å²) in [6, 6.07) is 0. The van der Waals surface area contributed by atoms with Gasteiger partial charge in [0, 0.05) is 19.8 Å². The molecule has 0 fully saturated rings. The second kappa shape index (κ2) is 6.54. The topological polar surface area (TPSA) is 44.5 Å². The predicted octanol–water partition coefficient (Wildman–Crippen LogP) is 1.87. The zero-order valence-corrected chi connectivity index (χ0v) is 10.3. The van der Waals surface area contributed by atoms with Crippen molar-refractivity contribution in [1.29, 1.82) is 0 Å². The maximum absolute atomic E-state index is 5.51. The molecule has 3 nitrogen and oxygen atoms in total. The molecule has 13 heavy (non-hydrogen) atoms. The molecule has 0 aliphatic carbocycles. The van der Waals surface area contributed by atoms with Gasteiger partial charge in [-0.3, -0.25) is 0 Å². The Hall–Kier alpha value is 0.0969. The second-order valence-electron chi connectivity index (χ2n) is 3.46. The van der Waals surface area contributed by atoms with Crippen LogP contribution in [0.3, 0.4) is 0 Å². The summed E-state index contributed by atoms with van der Waals surface area (Å²) in [5, 5.41) is 0. The van der Waals surface area contributed by atoms with Crippen molar-refractivity contribution in [3.63, 3.8) is 0 Å². The van der Waals surface area contributed by atoms with Crippen molar-refractivity contribution in [2.45, 2.75) is 38.3 Å². The Kier molecular flexibility index (Phi) is 6.58. The molecule has 2 N–H and O–H groups in total. The highest BCUT2D eigenvalue weighted by Crippen LogP contribution is 2.30. The van der Waals surface area contributed by atoms with E-state index in [0.717, 1.165) is 25.8 Å². The normalized spacial score (nSPS) is 14.5. The molecule has 0 aromatic rings. The Morgan fingerprint density at radius 3 is 2.15 bits per heavy atom. The summed E-state index contributed by atoms with van der Waals surface area (Å²) >= 11 is 0. The van der Waals surface area contributed by atoms with Crippen LogP contribution in [0.1, 0.15) is 26.2 Å². The van der Waals surface area contributed by atoms with Gasteiger partial charge in [-0.25, -0.2) is 0 Å². The van der Waals surface area contributed by atoms with E-state index in [0.29, 0.717) is 5.54 Å². The monoisotopic (exact) mass is 205 g/mol. The van der Waals surface area contributed by atoms with Crippen molar-refractivity contribution in [3.8, 4) is 0 Å². The standard InChI is InChI=1S/C9H23NO2Si/c1-5-9(7-6-8-10)13(4,11-2)12-3/h9H,5-8,10H2,1-4H3. The van der Waals surface area contributed by atoms with Gasteiger partial charge >= 0.3 is 8.56 Å². The molecule has 0 rings (SSSR count). The van der Waals surface area contributed by atoms with Crippen LogP contribution in [-0.4, -0.2) is 29.3 Å².